The quantitative estimate of drug-likeness (QED) is 0.612. The lowest BCUT2D eigenvalue weighted by Crippen LogP contribution is -2.31. The molecule has 20 heavy (non-hydrogen) atoms. The fourth-order valence-electron chi connectivity index (χ4n) is 2.87. The first-order valence-corrected chi connectivity index (χ1v) is 7.19. The predicted octanol–water partition coefficient (Wildman–Crippen LogP) is 1.97. The average Bonchev–Trinajstić information content (AvgIpc) is 2.53. The van der Waals surface area contributed by atoms with E-state index >= 15 is 0 Å². The Labute approximate surface area is 120 Å². The van der Waals surface area contributed by atoms with E-state index in [0.29, 0.717) is 17.7 Å². The van der Waals surface area contributed by atoms with Gasteiger partial charge in [0.15, 0.2) is 0 Å². The van der Waals surface area contributed by atoms with Gasteiger partial charge in [-0.3, -0.25) is 11.3 Å². The summed E-state index contributed by atoms with van der Waals surface area (Å²) in [5, 5.41) is 0. The van der Waals surface area contributed by atoms with Crippen molar-refractivity contribution in [2.45, 2.75) is 44.6 Å². The minimum absolute atomic E-state index is 0.0357. The van der Waals surface area contributed by atoms with Crippen LogP contribution >= 0.6 is 0 Å². The molecule has 1 heterocycles. The van der Waals surface area contributed by atoms with Gasteiger partial charge in [0.05, 0.1) is 26.5 Å². The number of ether oxygens (including phenoxy) is 2. The first-order valence-electron chi connectivity index (χ1n) is 7.19. The van der Waals surface area contributed by atoms with Crippen molar-refractivity contribution in [3.05, 3.63) is 11.9 Å². The largest absolute Gasteiger partial charge is 0.480 e. The van der Waals surface area contributed by atoms with E-state index < -0.39 is 0 Å². The molecular weight excluding hydrogens is 256 g/mol. The highest BCUT2D eigenvalue weighted by atomic mass is 16.5. The molecule has 1 atom stereocenters. The summed E-state index contributed by atoms with van der Waals surface area (Å²) < 4.78 is 10.4. The van der Waals surface area contributed by atoms with Gasteiger partial charge in [0, 0.05) is 0 Å². The van der Waals surface area contributed by atoms with Crippen LogP contribution in [0.5, 0.6) is 11.8 Å². The molecule has 0 bridgehead atoms. The lowest BCUT2D eigenvalue weighted by atomic mass is 9.84. The van der Waals surface area contributed by atoms with E-state index in [9.17, 15) is 0 Å². The summed E-state index contributed by atoms with van der Waals surface area (Å²) in [6.45, 7) is 0. The standard InChI is InChI=1S/C14H24N4O2/c1-19-12-9-16-13(14(17-12)20-2)11(18-15)8-10-6-4-3-5-7-10/h9-11,18H,3-8,15H2,1-2H3. The zero-order chi connectivity index (χ0) is 14.4. The zero-order valence-corrected chi connectivity index (χ0v) is 12.3. The van der Waals surface area contributed by atoms with Gasteiger partial charge in [0.25, 0.3) is 0 Å². The average molecular weight is 280 g/mol. The van der Waals surface area contributed by atoms with E-state index in [0.717, 1.165) is 12.1 Å². The van der Waals surface area contributed by atoms with Crippen LogP contribution < -0.4 is 20.7 Å². The number of nitrogens with two attached hydrogens (primary N) is 1. The van der Waals surface area contributed by atoms with E-state index in [2.05, 4.69) is 15.4 Å². The Kier molecular flexibility index (Phi) is 5.55. The molecule has 1 fully saturated rings. The lowest BCUT2D eigenvalue weighted by molar-refractivity contribution is 0.289. The number of nitrogens with zero attached hydrogens (tertiary/aromatic N) is 2. The van der Waals surface area contributed by atoms with Crippen LogP contribution in [0.3, 0.4) is 0 Å². The second-order valence-corrected chi connectivity index (χ2v) is 5.27. The van der Waals surface area contributed by atoms with Gasteiger partial charge in [-0.2, -0.15) is 4.98 Å². The highest BCUT2D eigenvalue weighted by molar-refractivity contribution is 5.25. The zero-order valence-electron chi connectivity index (χ0n) is 12.3. The third kappa shape index (κ3) is 3.58. The molecule has 0 aliphatic heterocycles. The van der Waals surface area contributed by atoms with E-state index in [1.54, 1.807) is 20.4 Å². The normalized spacial score (nSPS) is 17.8. The molecule has 0 saturated heterocycles. The number of methoxy groups -OCH3 is 2. The van der Waals surface area contributed by atoms with Crippen LogP contribution in [-0.2, 0) is 0 Å². The molecular formula is C14H24N4O2. The van der Waals surface area contributed by atoms with Crippen molar-refractivity contribution in [2.75, 3.05) is 14.2 Å². The van der Waals surface area contributed by atoms with Crippen LogP contribution in [0, 0.1) is 5.92 Å². The van der Waals surface area contributed by atoms with E-state index in [-0.39, 0.29) is 6.04 Å². The SMILES string of the molecule is COc1cnc(C(CC2CCCCC2)NN)c(OC)n1. The molecule has 6 heteroatoms. The first kappa shape index (κ1) is 15.0. The Morgan fingerprint density at radius 1 is 1.30 bits per heavy atom. The Morgan fingerprint density at radius 3 is 2.65 bits per heavy atom. The van der Waals surface area contributed by atoms with Crippen molar-refractivity contribution in [1.29, 1.82) is 0 Å². The molecule has 0 amide bonds. The van der Waals surface area contributed by atoms with Crippen LogP contribution in [-0.4, -0.2) is 24.2 Å². The van der Waals surface area contributed by atoms with Crippen LogP contribution in [0.1, 0.15) is 50.3 Å². The highest BCUT2D eigenvalue weighted by Crippen LogP contribution is 2.33. The molecule has 2 rings (SSSR count). The van der Waals surface area contributed by atoms with Crippen LogP contribution in [0.4, 0.5) is 0 Å². The van der Waals surface area contributed by atoms with Gasteiger partial charge in [-0.05, 0) is 12.3 Å². The topological polar surface area (TPSA) is 82.3 Å². The molecule has 1 aromatic heterocycles. The third-order valence-electron chi connectivity index (χ3n) is 3.97. The highest BCUT2D eigenvalue weighted by Gasteiger charge is 2.24. The van der Waals surface area contributed by atoms with Crippen LogP contribution in [0.25, 0.3) is 0 Å². The molecule has 0 spiro atoms. The van der Waals surface area contributed by atoms with Gasteiger partial charge in [0.1, 0.15) is 5.69 Å². The molecule has 1 aliphatic carbocycles. The second-order valence-electron chi connectivity index (χ2n) is 5.27. The maximum atomic E-state index is 5.71. The lowest BCUT2D eigenvalue weighted by Gasteiger charge is -2.26. The number of hydrogen-bond acceptors (Lipinski definition) is 6. The van der Waals surface area contributed by atoms with Crippen molar-refractivity contribution < 1.29 is 9.47 Å². The van der Waals surface area contributed by atoms with Crippen LogP contribution in [0.15, 0.2) is 6.20 Å². The molecule has 6 nitrogen and oxygen atoms in total. The second kappa shape index (κ2) is 7.40. The Balaban J connectivity index is 2.13. The third-order valence-corrected chi connectivity index (χ3v) is 3.97. The minimum Gasteiger partial charge on any atom is -0.480 e. The molecule has 0 radical (unpaired) electrons. The van der Waals surface area contributed by atoms with E-state index in [4.69, 9.17) is 15.3 Å². The van der Waals surface area contributed by atoms with Crippen molar-refractivity contribution in [3.63, 3.8) is 0 Å². The van der Waals surface area contributed by atoms with Gasteiger partial charge < -0.3 is 9.47 Å². The number of rotatable bonds is 6. The number of aromatic nitrogens is 2. The number of hydrogen-bond donors (Lipinski definition) is 2. The predicted molar refractivity (Wildman–Crippen MR) is 76.4 cm³/mol. The van der Waals surface area contributed by atoms with Gasteiger partial charge in [0.2, 0.25) is 11.8 Å². The van der Waals surface area contributed by atoms with Gasteiger partial charge >= 0.3 is 0 Å². The van der Waals surface area contributed by atoms with Gasteiger partial charge in [-0.15, -0.1) is 0 Å². The number of nitrogens with one attached hydrogen (secondary N) is 1. The molecule has 0 aromatic carbocycles. The maximum Gasteiger partial charge on any atom is 0.240 e. The van der Waals surface area contributed by atoms with Gasteiger partial charge in [-0.1, -0.05) is 32.1 Å². The summed E-state index contributed by atoms with van der Waals surface area (Å²) in [5.74, 6) is 7.32. The summed E-state index contributed by atoms with van der Waals surface area (Å²) in [4.78, 5) is 8.67. The fourth-order valence-corrected chi connectivity index (χ4v) is 2.87. The fraction of sp³-hybridized carbons (Fsp3) is 0.714. The van der Waals surface area contributed by atoms with E-state index in [1.807, 2.05) is 0 Å². The summed E-state index contributed by atoms with van der Waals surface area (Å²) >= 11 is 0. The van der Waals surface area contributed by atoms with Crippen molar-refractivity contribution in [2.24, 2.45) is 11.8 Å². The number of hydrazine groups is 1. The summed E-state index contributed by atoms with van der Waals surface area (Å²) in [5.41, 5.74) is 3.61. The van der Waals surface area contributed by atoms with Crippen molar-refractivity contribution in [3.8, 4) is 11.8 Å². The maximum absolute atomic E-state index is 5.71. The Morgan fingerprint density at radius 2 is 2.05 bits per heavy atom. The summed E-state index contributed by atoms with van der Waals surface area (Å²) in [6, 6.07) is -0.0357. The molecule has 1 saturated carbocycles. The summed E-state index contributed by atoms with van der Waals surface area (Å²) in [6.07, 6.45) is 9.08. The Bertz CT molecular complexity index is 422. The smallest absolute Gasteiger partial charge is 0.240 e. The van der Waals surface area contributed by atoms with Crippen LogP contribution in [0.2, 0.25) is 0 Å². The molecule has 112 valence electrons. The minimum atomic E-state index is -0.0357. The Hall–Kier alpha value is -1.40. The first-order chi connectivity index (χ1) is 9.78. The van der Waals surface area contributed by atoms with E-state index in [1.165, 1.54) is 32.1 Å². The molecule has 1 aromatic rings. The van der Waals surface area contributed by atoms with Crippen molar-refractivity contribution >= 4 is 0 Å². The molecule has 1 aliphatic rings. The summed E-state index contributed by atoms with van der Waals surface area (Å²) in [7, 11) is 3.14. The van der Waals surface area contributed by atoms with Crippen molar-refractivity contribution in [1.82, 2.24) is 15.4 Å². The van der Waals surface area contributed by atoms with Gasteiger partial charge in [-0.25, -0.2) is 4.98 Å². The monoisotopic (exact) mass is 280 g/mol. The molecule has 1 unspecified atom stereocenters. The molecule has 3 N–H and O–H groups in total.